The molecule has 0 unspecified atom stereocenters. The first-order chi connectivity index (χ1) is 9.56. The summed E-state index contributed by atoms with van der Waals surface area (Å²) in [7, 11) is 1.74. The minimum atomic E-state index is -0.761. The summed E-state index contributed by atoms with van der Waals surface area (Å²) in [6.07, 6.45) is 4.46. The normalized spacial score (nSPS) is 25.4. The molecule has 0 aromatic heterocycles. The lowest BCUT2D eigenvalue weighted by Gasteiger charge is -2.21. The second-order valence-electron chi connectivity index (χ2n) is 5.93. The monoisotopic (exact) mass is 284 g/mol. The average molecular weight is 284 g/mol. The Bertz CT molecular complexity index is 357. The number of rotatable bonds is 7. The minimum absolute atomic E-state index is 0.0153. The van der Waals surface area contributed by atoms with Crippen LogP contribution in [0.25, 0.3) is 0 Å². The molecule has 0 saturated heterocycles. The molecule has 20 heavy (non-hydrogen) atoms. The quantitative estimate of drug-likeness (QED) is 0.691. The van der Waals surface area contributed by atoms with Crippen LogP contribution in [0, 0.1) is 11.8 Å². The van der Waals surface area contributed by atoms with Crippen molar-refractivity contribution >= 4 is 12.0 Å². The molecule has 6 heteroatoms. The Labute approximate surface area is 119 Å². The maximum atomic E-state index is 11.9. The zero-order chi connectivity index (χ0) is 14.5. The summed E-state index contributed by atoms with van der Waals surface area (Å²) in [5, 5.41) is 11.8. The van der Waals surface area contributed by atoms with Gasteiger partial charge >= 0.3 is 12.0 Å². The van der Waals surface area contributed by atoms with E-state index in [1.54, 1.807) is 11.9 Å². The zero-order valence-electron chi connectivity index (χ0n) is 12.0. The third kappa shape index (κ3) is 4.67. The molecule has 2 rings (SSSR count). The van der Waals surface area contributed by atoms with E-state index in [0.717, 1.165) is 18.9 Å². The Balaban J connectivity index is 1.59. The SMILES string of the molecule is CN(CCOCC1CC1)C(=O)N[C@H]1CC[C@@H](C(=O)O)C1. The van der Waals surface area contributed by atoms with Crippen molar-refractivity contribution in [3.8, 4) is 0 Å². The fraction of sp³-hybridized carbons (Fsp3) is 0.857. The topological polar surface area (TPSA) is 78.9 Å². The van der Waals surface area contributed by atoms with Crippen LogP contribution in [-0.4, -0.2) is 54.9 Å². The van der Waals surface area contributed by atoms with E-state index in [2.05, 4.69) is 5.32 Å². The Morgan fingerprint density at radius 1 is 1.30 bits per heavy atom. The molecule has 0 aromatic carbocycles. The van der Waals surface area contributed by atoms with E-state index in [0.29, 0.717) is 26.0 Å². The van der Waals surface area contributed by atoms with Crippen LogP contribution < -0.4 is 5.32 Å². The molecule has 0 radical (unpaired) electrons. The number of carbonyl (C=O) groups excluding carboxylic acids is 1. The average Bonchev–Trinajstić information content (AvgIpc) is 3.11. The Morgan fingerprint density at radius 2 is 2.05 bits per heavy atom. The van der Waals surface area contributed by atoms with Crippen molar-refractivity contribution in [1.29, 1.82) is 0 Å². The number of urea groups is 1. The summed E-state index contributed by atoms with van der Waals surface area (Å²) < 4.78 is 5.50. The van der Waals surface area contributed by atoms with Crippen LogP contribution in [0.1, 0.15) is 32.1 Å². The lowest BCUT2D eigenvalue weighted by molar-refractivity contribution is -0.141. The Hall–Kier alpha value is -1.30. The summed E-state index contributed by atoms with van der Waals surface area (Å²) in [5.74, 6) is -0.336. The van der Waals surface area contributed by atoms with E-state index < -0.39 is 5.97 Å². The van der Waals surface area contributed by atoms with Crippen LogP contribution in [-0.2, 0) is 9.53 Å². The predicted molar refractivity (Wildman–Crippen MR) is 73.5 cm³/mol. The van der Waals surface area contributed by atoms with Crippen molar-refractivity contribution in [2.24, 2.45) is 11.8 Å². The minimum Gasteiger partial charge on any atom is -0.481 e. The number of nitrogens with zero attached hydrogens (tertiary/aromatic N) is 1. The molecule has 6 nitrogen and oxygen atoms in total. The van der Waals surface area contributed by atoms with Gasteiger partial charge in [-0.2, -0.15) is 0 Å². The first kappa shape index (κ1) is 15.1. The smallest absolute Gasteiger partial charge is 0.317 e. The van der Waals surface area contributed by atoms with Gasteiger partial charge in [0.1, 0.15) is 0 Å². The van der Waals surface area contributed by atoms with Gasteiger partial charge in [0.25, 0.3) is 0 Å². The van der Waals surface area contributed by atoms with Crippen LogP contribution in [0.3, 0.4) is 0 Å². The second-order valence-corrected chi connectivity index (χ2v) is 5.93. The van der Waals surface area contributed by atoms with Crippen molar-refractivity contribution in [2.75, 3.05) is 26.8 Å². The van der Waals surface area contributed by atoms with Gasteiger partial charge in [0, 0.05) is 26.2 Å². The van der Waals surface area contributed by atoms with Gasteiger partial charge in [-0.25, -0.2) is 4.79 Å². The number of amides is 2. The van der Waals surface area contributed by atoms with Crippen LogP contribution >= 0.6 is 0 Å². The number of carboxylic acids is 1. The highest BCUT2D eigenvalue weighted by Gasteiger charge is 2.31. The number of ether oxygens (including phenoxy) is 1. The first-order valence-corrected chi connectivity index (χ1v) is 7.38. The van der Waals surface area contributed by atoms with Gasteiger partial charge in [-0.1, -0.05) is 0 Å². The third-order valence-corrected chi connectivity index (χ3v) is 4.08. The molecule has 2 N–H and O–H groups in total. The van der Waals surface area contributed by atoms with Gasteiger partial charge in [0.15, 0.2) is 0 Å². The summed E-state index contributed by atoms with van der Waals surface area (Å²) >= 11 is 0. The van der Waals surface area contributed by atoms with Crippen molar-refractivity contribution in [3.05, 3.63) is 0 Å². The highest BCUT2D eigenvalue weighted by atomic mass is 16.5. The van der Waals surface area contributed by atoms with E-state index in [1.165, 1.54) is 12.8 Å². The number of aliphatic carboxylic acids is 1. The number of hydrogen-bond acceptors (Lipinski definition) is 3. The van der Waals surface area contributed by atoms with Gasteiger partial charge < -0.3 is 20.1 Å². The van der Waals surface area contributed by atoms with Crippen LogP contribution in [0.4, 0.5) is 4.79 Å². The highest BCUT2D eigenvalue weighted by Crippen LogP contribution is 2.28. The van der Waals surface area contributed by atoms with E-state index in [4.69, 9.17) is 9.84 Å². The largest absolute Gasteiger partial charge is 0.481 e. The van der Waals surface area contributed by atoms with Gasteiger partial charge in [0.2, 0.25) is 0 Å². The van der Waals surface area contributed by atoms with Crippen molar-refractivity contribution in [1.82, 2.24) is 10.2 Å². The molecule has 2 fully saturated rings. The maximum absolute atomic E-state index is 11.9. The first-order valence-electron chi connectivity index (χ1n) is 7.38. The van der Waals surface area contributed by atoms with Gasteiger partial charge in [-0.15, -0.1) is 0 Å². The molecule has 0 heterocycles. The number of likely N-dealkylation sites (N-methyl/N-ethyl adjacent to an activating group) is 1. The van der Waals surface area contributed by atoms with Gasteiger partial charge in [-0.3, -0.25) is 4.79 Å². The highest BCUT2D eigenvalue weighted by molar-refractivity contribution is 5.75. The molecule has 0 bridgehead atoms. The lowest BCUT2D eigenvalue weighted by Crippen LogP contribution is -2.43. The van der Waals surface area contributed by atoms with E-state index in [9.17, 15) is 9.59 Å². The standard InChI is InChI=1S/C14H24N2O4/c1-16(6-7-20-9-10-2-3-10)14(19)15-12-5-4-11(8-12)13(17)18/h10-12H,2-9H2,1H3,(H,15,19)(H,17,18)/t11-,12+/m1/s1. The van der Waals surface area contributed by atoms with Crippen LogP contribution in [0.15, 0.2) is 0 Å². The predicted octanol–water partition coefficient (Wildman–Crippen LogP) is 1.31. The molecule has 2 saturated carbocycles. The summed E-state index contributed by atoms with van der Waals surface area (Å²) in [6.45, 7) is 1.93. The molecule has 2 amide bonds. The molecular weight excluding hydrogens is 260 g/mol. The third-order valence-electron chi connectivity index (χ3n) is 4.08. The van der Waals surface area contributed by atoms with Gasteiger partial charge in [-0.05, 0) is 38.0 Å². The fourth-order valence-corrected chi connectivity index (χ4v) is 2.46. The lowest BCUT2D eigenvalue weighted by atomic mass is 10.1. The fourth-order valence-electron chi connectivity index (χ4n) is 2.46. The number of carbonyl (C=O) groups is 2. The Kier molecular flexibility index (Phi) is 5.23. The van der Waals surface area contributed by atoms with E-state index in [1.807, 2.05) is 0 Å². The van der Waals surface area contributed by atoms with Crippen molar-refractivity contribution in [2.45, 2.75) is 38.1 Å². The summed E-state index contributed by atoms with van der Waals surface area (Å²) in [4.78, 5) is 24.4. The molecule has 2 aliphatic rings. The molecule has 0 spiro atoms. The van der Waals surface area contributed by atoms with Crippen molar-refractivity contribution < 1.29 is 19.4 Å². The second kappa shape index (κ2) is 6.92. The molecule has 0 aromatic rings. The number of hydrogen-bond donors (Lipinski definition) is 2. The molecular formula is C14H24N2O4. The van der Waals surface area contributed by atoms with E-state index >= 15 is 0 Å². The number of carboxylic acid groups (broad SMARTS) is 1. The summed E-state index contributed by atoms with van der Waals surface area (Å²) in [6, 6.07) is -0.158. The maximum Gasteiger partial charge on any atom is 0.317 e. The van der Waals surface area contributed by atoms with Gasteiger partial charge in [0.05, 0.1) is 12.5 Å². The van der Waals surface area contributed by atoms with Crippen LogP contribution in [0.5, 0.6) is 0 Å². The van der Waals surface area contributed by atoms with Crippen molar-refractivity contribution in [3.63, 3.8) is 0 Å². The van der Waals surface area contributed by atoms with Crippen LogP contribution in [0.2, 0.25) is 0 Å². The zero-order valence-corrected chi connectivity index (χ0v) is 12.0. The number of nitrogens with one attached hydrogen (secondary N) is 1. The Morgan fingerprint density at radius 3 is 2.65 bits per heavy atom. The molecule has 2 atom stereocenters. The molecule has 2 aliphatic carbocycles. The molecule has 0 aliphatic heterocycles. The summed E-state index contributed by atoms with van der Waals surface area (Å²) in [5.41, 5.74) is 0. The van der Waals surface area contributed by atoms with E-state index in [-0.39, 0.29) is 18.0 Å². The molecule has 114 valence electrons.